The van der Waals surface area contributed by atoms with Crippen molar-refractivity contribution >= 4 is 28.6 Å². The number of hydrogen-bond acceptors (Lipinski definition) is 2. The molecule has 0 aliphatic heterocycles. The van der Waals surface area contributed by atoms with Gasteiger partial charge < -0.3 is 9.88 Å². The van der Waals surface area contributed by atoms with Gasteiger partial charge in [-0.25, -0.2) is 4.98 Å². The van der Waals surface area contributed by atoms with Crippen LogP contribution in [0.1, 0.15) is 18.5 Å². The van der Waals surface area contributed by atoms with Gasteiger partial charge in [0.05, 0.1) is 17.1 Å². The fourth-order valence-corrected chi connectivity index (χ4v) is 2.67. The summed E-state index contributed by atoms with van der Waals surface area (Å²) in [5, 5.41) is 4.19. The maximum absolute atomic E-state index is 6.24. The second kappa shape index (κ2) is 5.17. The van der Waals surface area contributed by atoms with Gasteiger partial charge in [-0.15, -0.1) is 0 Å². The molecule has 0 saturated heterocycles. The van der Waals surface area contributed by atoms with Crippen LogP contribution in [-0.2, 0) is 7.05 Å². The number of aromatic nitrogens is 2. The van der Waals surface area contributed by atoms with Crippen molar-refractivity contribution in [2.24, 2.45) is 7.05 Å². The lowest BCUT2D eigenvalue weighted by molar-refractivity contribution is 0.832. The van der Waals surface area contributed by atoms with Crippen molar-refractivity contribution in [3.63, 3.8) is 0 Å². The average Bonchev–Trinajstić information content (AvgIpc) is 2.76. The summed E-state index contributed by atoms with van der Waals surface area (Å²) in [6.07, 6.45) is 0. The normalized spacial score (nSPS) is 12.6. The van der Waals surface area contributed by atoms with E-state index in [1.165, 1.54) is 0 Å². The summed E-state index contributed by atoms with van der Waals surface area (Å²) >= 11 is 6.24. The third-order valence-electron chi connectivity index (χ3n) is 3.50. The minimum absolute atomic E-state index is 0.0965. The molecular weight excluding hydrogens is 270 g/mol. The number of benzene rings is 2. The summed E-state index contributed by atoms with van der Waals surface area (Å²) in [7, 11) is 2.01. The van der Waals surface area contributed by atoms with Crippen molar-refractivity contribution in [2.45, 2.75) is 13.0 Å². The topological polar surface area (TPSA) is 29.9 Å². The number of rotatable bonds is 3. The number of imidazole rings is 1. The standard InChI is InChI=1S/C16H16ClN3/c1-11(12-7-3-4-8-13(12)17)18-16-19-14-9-5-6-10-15(14)20(16)2/h3-11H,1-2H3,(H,18,19). The van der Waals surface area contributed by atoms with Gasteiger partial charge >= 0.3 is 0 Å². The molecule has 1 unspecified atom stereocenters. The van der Waals surface area contributed by atoms with Crippen molar-refractivity contribution in [1.29, 1.82) is 0 Å². The second-order valence-corrected chi connectivity index (χ2v) is 5.28. The Hall–Kier alpha value is -2.00. The average molecular weight is 286 g/mol. The monoisotopic (exact) mass is 285 g/mol. The summed E-state index contributed by atoms with van der Waals surface area (Å²) in [5.41, 5.74) is 3.17. The van der Waals surface area contributed by atoms with Crippen LogP contribution in [0.5, 0.6) is 0 Å². The van der Waals surface area contributed by atoms with Crippen molar-refractivity contribution in [1.82, 2.24) is 9.55 Å². The highest BCUT2D eigenvalue weighted by Crippen LogP contribution is 2.26. The van der Waals surface area contributed by atoms with E-state index in [1.54, 1.807) is 0 Å². The van der Waals surface area contributed by atoms with Crippen molar-refractivity contribution in [2.75, 3.05) is 5.32 Å². The van der Waals surface area contributed by atoms with E-state index in [0.717, 1.165) is 27.6 Å². The Bertz CT molecular complexity index is 748. The second-order valence-electron chi connectivity index (χ2n) is 4.87. The molecule has 0 aliphatic carbocycles. The molecule has 1 aromatic heterocycles. The van der Waals surface area contributed by atoms with Crippen LogP contribution >= 0.6 is 11.6 Å². The zero-order valence-electron chi connectivity index (χ0n) is 11.5. The minimum Gasteiger partial charge on any atom is -0.349 e. The fraction of sp³-hybridized carbons (Fsp3) is 0.188. The Morgan fingerprint density at radius 1 is 1.10 bits per heavy atom. The molecule has 1 atom stereocenters. The van der Waals surface area contributed by atoms with Crippen LogP contribution in [0.4, 0.5) is 5.95 Å². The molecule has 102 valence electrons. The molecule has 0 spiro atoms. The summed E-state index contributed by atoms with van der Waals surface area (Å²) < 4.78 is 2.06. The van der Waals surface area contributed by atoms with E-state index < -0.39 is 0 Å². The van der Waals surface area contributed by atoms with Gasteiger partial charge in [-0.3, -0.25) is 0 Å². The van der Waals surface area contributed by atoms with Crippen LogP contribution in [0.2, 0.25) is 5.02 Å². The molecule has 1 heterocycles. The summed E-state index contributed by atoms with van der Waals surface area (Å²) in [4.78, 5) is 4.62. The molecule has 3 nitrogen and oxygen atoms in total. The summed E-state index contributed by atoms with van der Waals surface area (Å²) in [5.74, 6) is 0.846. The Morgan fingerprint density at radius 3 is 2.55 bits per heavy atom. The van der Waals surface area contributed by atoms with Crippen LogP contribution < -0.4 is 5.32 Å². The zero-order valence-corrected chi connectivity index (χ0v) is 12.2. The van der Waals surface area contributed by atoms with Crippen LogP contribution in [0.25, 0.3) is 11.0 Å². The highest BCUT2D eigenvalue weighted by atomic mass is 35.5. The Morgan fingerprint density at radius 2 is 1.80 bits per heavy atom. The Labute approximate surface area is 123 Å². The van der Waals surface area contributed by atoms with Gasteiger partial charge in [-0.2, -0.15) is 0 Å². The lowest BCUT2D eigenvalue weighted by atomic mass is 10.1. The third-order valence-corrected chi connectivity index (χ3v) is 3.85. The number of hydrogen-bond donors (Lipinski definition) is 1. The van der Waals surface area contributed by atoms with Crippen molar-refractivity contribution in [3.05, 3.63) is 59.1 Å². The number of halogens is 1. The number of para-hydroxylation sites is 2. The first kappa shape index (κ1) is 13.0. The first-order valence-electron chi connectivity index (χ1n) is 6.59. The smallest absolute Gasteiger partial charge is 0.204 e. The molecule has 0 saturated carbocycles. The van der Waals surface area contributed by atoms with E-state index in [9.17, 15) is 0 Å². The molecule has 0 fully saturated rings. The van der Waals surface area contributed by atoms with Gasteiger partial charge in [0.2, 0.25) is 5.95 Å². The minimum atomic E-state index is 0.0965. The van der Waals surface area contributed by atoms with E-state index in [0.29, 0.717) is 0 Å². The van der Waals surface area contributed by atoms with Gasteiger partial charge in [0.25, 0.3) is 0 Å². The van der Waals surface area contributed by atoms with Crippen LogP contribution in [0.3, 0.4) is 0 Å². The molecular formula is C16H16ClN3. The number of anilines is 1. The lowest BCUT2D eigenvalue weighted by Gasteiger charge is -2.16. The summed E-state index contributed by atoms with van der Waals surface area (Å²) in [6.45, 7) is 2.08. The highest BCUT2D eigenvalue weighted by Gasteiger charge is 2.13. The molecule has 0 amide bonds. The zero-order chi connectivity index (χ0) is 14.1. The first-order valence-corrected chi connectivity index (χ1v) is 6.97. The van der Waals surface area contributed by atoms with Gasteiger partial charge in [0.1, 0.15) is 0 Å². The molecule has 3 aromatic rings. The third kappa shape index (κ3) is 2.25. The molecule has 0 aliphatic rings. The van der Waals surface area contributed by atoms with Crippen LogP contribution in [0, 0.1) is 0 Å². The quantitative estimate of drug-likeness (QED) is 0.773. The maximum Gasteiger partial charge on any atom is 0.204 e. The van der Waals surface area contributed by atoms with Crippen LogP contribution in [-0.4, -0.2) is 9.55 Å². The predicted molar refractivity (Wildman–Crippen MR) is 84.2 cm³/mol. The largest absolute Gasteiger partial charge is 0.349 e. The Balaban J connectivity index is 1.93. The number of fused-ring (bicyclic) bond motifs is 1. The molecule has 2 aromatic carbocycles. The molecule has 4 heteroatoms. The number of nitrogens with zero attached hydrogens (tertiary/aromatic N) is 2. The van der Waals surface area contributed by atoms with Crippen molar-refractivity contribution < 1.29 is 0 Å². The molecule has 0 radical (unpaired) electrons. The fourth-order valence-electron chi connectivity index (χ4n) is 2.37. The maximum atomic E-state index is 6.24. The van der Waals surface area contributed by atoms with E-state index in [2.05, 4.69) is 27.9 Å². The predicted octanol–water partition coefficient (Wildman–Crippen LogP) is 4.40. The molecule has 20 heavy (non-hydrogen) atoms. The van der Waals surface area contributed by atoms with Crippen molar-refractivity contribution in [3.8, 4) is 0 Å². The SMILES string of the molecule is CC(Nc1nc2ccccc2n1C)c1ccccc1Cl. The lowest BCUT2D eigenvalue weighted by Crippen LogP contribution is -2.10. The number of aryl methyl sites for hydroxylation is 1. The van der Waals surface area contributed by atoms with E-state index in [1.807, 2.05) is 49.5 Å². The molecule has 1 N–H and O–H groups in total. The van der Waals surface area contributed by atoms with Gasteiger partial charge in [0.15, 0.2) is 0 Å². The molecule has 0 bridgehead atoms. The van der Waals surface area contributed by atoms with E-state index in [4.69, 9.17) is 11.6 Å². The summed E-state index contributed by atoms with van der Waals surface area (Å²) in [6, 6.07) is 16.1. The van der Waals surface area contributed by atoms with Gasteiger partial charge in [-0.1, -0.05) is 41.9 Å². The van der Waals surface area contributed by atoms with Gasteiger partial charge in [-0.05, 0) is 30.7 Å². The van der Waals surface area contributed by atoms with Gasteiger partial charge in [0, 0.05) is 12.1 Å². The molecule has 3 rings (SSSR count). The van der Waals surface area contributed by atoms with E-state index >= 15 is 0 Å². The van der Waals surface area contributed by atoms with Crippen LogP contribution in [0.15, 0.2) is 48.5 Å². The Kier molecular flexibility index (Phi) is 3.36. The highest BCUT2D eigenvalue weighted by molar-refractivity contribution is 6.31. The van der Waals surface area contributed by atoms with E-state index in [-0.39, 0.29) is 6.04 Å². The first-order chi connectivity index (χ1) is 9.66. The number of nitrogens with one attached hydrogen (secondary N) is 1.